The highest BCUT2D eigenvalue weighted by atomic mass is 32.2. The Bertz CT molecular complexity index is 659. The molecule has 0 bridgehead atoms. The van der Waals surface area contributed by atoms with Crippen molar-refractivity contribution < 1.29 is 13.2 Å². The molecule has 1 aromatic rings. The zero-order valence-electron chi connectivity index (χ0n) is 12.7. The van der Waals surface area contributed by atoms with Gasteiger partial charge in [-0.05, 0) is 32.4 Å². The number of hydrogen-bond donors (Lipinski definition) is 0. The van der Waals surface area contributed by atoms with Crippen LogP contribution in [0.3, 0.4) is 0 Å². The summed E-state index contributed by atoms with van der Waals surface area (Å²) < 4.78 is 27.1. The number of aryl methyl sites for hydroxylation is 1. The molecule has 1 aliphatic heterocycles. The van der Waals surface area contributed by atoms with Gasteiger partial charge in [0.2, 0.25) is 10.0 Å². The van der Waals surface area contributed by atoms with Crippen molar-refractivity contribution in [1.82, 2.24) is 4.31 Å². The molecule has 1 aliphatic rings. The van der Waals surface area contributed by atoms with Crippen LogP contribution < -0.4 is 0 Å². The standard InChI is InChI=1S/C16H21NO3S/c1-4-5-16-15(11-18)13(3)10-17(16)21(19,20)14-8-6-12(2)7-9-14/h6-9,11,16H,4-5,10H2,1-3H3/t16-/m1/s1. The SMILES string of the molecule is CCC[C@@H]1C(C=O)=C(C)CN1S(=O)(=O)c1ccc(C)cc1. The summed E-state index contributed by atoms with van der Waals surface area (Å²) in [5, 5.41) is 0. The maximum atomic E-state index is 12.8. The molecule has 1 atom stereocenters. The van der Waals surface area contributed by atoms with Gasteiger partial charge in [0.25, 0.3) is 0 Å². The van der Waals surface area contributed by atoms with Crippen molar-refractivity contribution >= 4 is 16.3 Å². The van der Waals surface area contributed by atoms with E-state index in [-0.39, 0.29) is 10.9 Å². The summed E-state index contributed by atoms with van der Waals surface area (Å²) in [6.45, 7) is 6.04. The average Bonchev–Trinajstić information content (AvgIpc) is 2.76. The van der Waals surface area contributed by atoms with Crippen LogP contribution in [0.25, 0.3) is 0 Å². The van der Waals surface area contributed by atoms with Crippen LogP contribution in [0, 0.1) is 6.92 Å². The average molecular weight is 307 g/mol. The van der Waals surface area contributed by atoms with Crippen molar-refractivity contribution in [1.29, 1.82) is 0 Å². The molecule has 0 amide bonds. The van der Waals surface area contributed by atoms with E-state index in [0.29, 0.717) is 18.5 Å². The summed E-state index contributed by atoms with van der Waals surface area (Å²) in [5.74, 6) is 0. The van der Waals surface area contributed by atoms with Gasteiger partial charge < -0.3 is 0 Å². The largest absolute Gasteiger partial charge is 0.298 e. The quantitative estimate of drug-likeness (QED) is 0.786. The molecule has 21 heavy (non-hydrogen) atoms. The Morgan fingerprint density at radius 1 is 1.24 bits per heavy atom. The Balaban J connectivity index is 2.40. The number of sulfonamides is 1. The summed E-state index contributed by atoms with van der Waals surface area (Å²) >= 11 is 0. The molecule has 0 aliphatic carbocycles. The van der Waals surface area contributed by atoms with Crippen LogP contribution in [-0.2, 0) is 14.8 Å². The van der Waals surface area contributed by atoms with Crippen molar-refractivity contribution in [2.45, 2.75) is 44.6 Å². The smallest absolute Gasteiger partial charge is 0.243 e. The first-order valence-electron chi connectivity index (χ1n) is 7.15. The fourth-order valence-corrected chi connectivity index (χ4v) is 4.39. The van der Waals surface area contributed by atoms with E-state index in [9.17, 15) is 13.2 Å². The van der Waals surface area contributed by atoms with Crippen LogP contribution in [0.1, 0.15) is 32.3 Å². The minimum absolute atomic E-state index is 0.286. The number of carbonyl (C=O) groups is 1. The van der Waals surface area contributed by atoms with Crippen molar-refractivity contribution in [3.05, 3.63) is 41.0 Å². The predicted molar refractivity (Wildman–Crippen MR) is 82.5 cm³/mol. The Kier molecular flexibility index (Phi) is 4.64. The summed E-state index contributed by atoms with van der Waals surface area (Å²) in [6, 6.07) is 6.50. The first-order valence-corrected chi connectivity index (χ1v) is 8.59. The maximum absolute atomic E-state index is 12.8. The van der Waals surface area contributed by atoms with E-state index < -0.39 is 10.0 Å². The molecule has 0 saturated carbocycles. The fourth-order valence-electron chi connectivity index (χ4n) is 2.72. The molecule has 0 unspecified atom stereocenters. The van der Waals surface area contributed by atoms with Gasteiger partial charge in [-0.3, -0.25) is 4.79 Å². The monoisotopic (exact) mass is 307 g/mol. The van der Waals surface area contributed by atoms with Gasteiger partial charge in [-0.25, -0.2) is 8.42 Å². The molecular formula is C16H21NO3S. The molecule has 0 fully saturated rings. The second-order valence-corrected chi connectivity index (χ2v) is 7.41. The van der Waals surface area contributed by atoms with Crippen LogP contribution >= 0.6 is 0 Å². The van der Waals surface area contributed by atoms with E-state index in [1.807, 2.05) is 20.8 Å². The lowest BCUT2D eigenvalue weighted by molar-refractivity contribution is -0.105. The number of carbonyl (C=O) groups excluding carboxylic acids is 1. The second-order valence-electron chi connectivity index (χ2n) is 5.52. The zero-order valence-corrected chi connectivity index (χ0v) is 13.5. The van der Waals surface area contributed by atoms with Gasteiger partial charge in [0.1, 0.15) is 6.29 Å². The molecular weight excluding hydrogens is 286 g/mol. The molecule has 2 rings (SSSR count). The Morgan fingerprint density at radius 2 is 1.86 bits per heavy atom. The Labute approximate surface area is 126 Å². The number of benzene rings is 1. The zero-order chi connectivity index (χ0) is 15.6. The summed E-state index contributed by atoms with van der Waals surface area (Å²) in [6.07, 6.45) is 2.30. The van der Waals surface area contributed by atoms with Crippen molar-refractivity contribution in [2.75, 3.05) is 6.54 Å². The fraction of sp³-hybridized carbons (Fsp3) is 0.438. The first-order chi connectivity index (χ1) is 9.91. The predicted octanol–water partition coefficient (Wildman–Crippen LogP) is 2.68. The number of aldehydes is 1. The molecule has 0 N–H and O–H groups in total. The van der Waals surface area contributed by atoms with Gasteiger partial charge in [0.15, 0.2) is 0 Å². The van der Waals surface area contributed by atoms with E-state index in [0.717, 1.165) is 23.8 Å². The van der Waals surface area contributed by atoms with E-state index >= 15 is 0 Å². The lowest BCUT2D eigenvalue weighted by Gasteiger charge is -2.25. The molecule has 0 saturated heterocycles. The van der Waals surface area contributed by atoms with Gasteiger partial charge in [0, 0.05) is 12.1 Å². The molecule has 0 radical (unpaired) electrons. The van der Waals surface area contributed by atoms with Crippen LogP contribution in [0.4, 0.5) is 0 Å². The normalized spacial score (nSPS) is 20.0. The molecule has 1 aromatic carbocycles. The van der Waals surface area contributed by atoms with E-state index in [1.165, 1.54) is 4.31 Å². The van der Waals surface area contributed by atoms with E-state index in [1.54, 1.807) is 24.3 Å². The van der Waals surface area contributed by atoms with Crippen LogP contribution in [0.15, 0.2) is 40.3 Å². The Hall–Kier alpha value is -1.46. The third-order valence-electron chi connectivity index (χ3n) is 3.91. The van der Waals surface area contributed by atoms with Crippen molar-refractivity contribution in [3.8, 4) is 0 Å². The van der Waals surface area contributed by atoms with Crippen molar-refractivity contribution in [3.63, 3.8) is 0 Å². The van der Waals surface area contributed by atoms with Gasteiger partial charge in [-0.15, -0.1) is 0 Å². The highest BCUT2D eigenvalue weighted by molar-refractivity contribution is 7.89. The van der Waals surface area contributed by atoms with Crippen LogP contribution in [-0.4, -0.2) is 31.6 Å². The molecule has 4 nitrogen and oxygen atoms in total. The summed E-state index contributed by atoms with van der Waals surface area (Å²) in [7, 11) is -3.57. The van der Waals surface area contributed by atoms with Crippen LogP contribution in [0.2, 0.25) is 0 Å². The second kappa shape index (κ2) is 6.12. The highest BCUT2D eigenvalue weighted by Crippen LogP contribution is 2.31. The van der Waals surface area contributed by atoms with Crippen molar-refractivity contribution in [2.24, 2.45) is 0 Å². The molecule has 114 valence electrons. The third-order valence-corrected chi connectivity index (χ3v) is 5.78. The molecule has 5 heteroatoms. The molecule has 1 heterocycles. The van der Waals surface area contributed by atoms with Gasteiger partial charge in [0.05, 0.1) is 10.9 Å². The number of nitrogens with zero attached hydrogens (tertiary/aromatic N) is 1. The first kappa shape index (κ1) is 15.9. The molecule has 0 spiro atoms. The lowest BCUT2D eigenvalue weighted by Crippen LogP contribution is -2.37. The third kappa shape index (κ3) is 2.94. The van der Waals surface area contributed by atoms with E-state index in [4.69, 9.17) is 0 Å². The maximum Gasteiger partial charge on any atom is 0.243 e. The summed E-state index contributed by atoms with van der Waals surface area (Å²) in [4.78, 5) is 11.6. The van der Waals surface area contributed by atoms with E-state index in [2.05, 4.69) is 0 Å². The van der Waals surface area contributed by atoms with Crippen LogP contribution in [0.5, 0.6) is 0 Å². The topological polar surface area (TPSA) is 54.5 Å². The minimum atomic E-state index is -3.57. The number of rotatable bonds is 5. The molecule has 0 aromatic heterocycles. The lowest BCUT2D eigenvalue weighted by atomic mass is 10.0. The minimum Gasteiger partial charge on any atom is -0.298 e. The van der Waals surface area contributed by atoms with Gasteiger partial charge >= 0.3 is 0 Å². The number of hydrogen-bond acceptors (Lipinski definition) is 3. The van der Waals surface area contributed by atoms with Gasteiger partial charge in [-0.2, -0.15) is 4.31 Å². The summed E-state index contributed by atoms with van der Waals surface area (Å²) in [5.41, 5.74) is 2.48. The highest BCUT2D eigenvalue weighted by Gasteiger charge is 2.38. The Morgan fingerprint density at radius 3 is 2.38 bits per heavy atom. The van der Waals surface area contributed by atoms with Gasteiger partial charge in [-0.1, -0.05) is 36.6 Å².